The van der Waals surface area contributed by atoms with Gasteiger partial charge in [0, 0.05) is 38.9 Å². The van der Waals surface area contributed by atoms with Crippen molar-refractivity contribution in [2.75, 3.05) is 26.2 Å². The van der Waals surface area contributed by atoms with Gasteiger partial charge in [-0.15, -0.1) is 0 Å². The molecule has 2 unspecified atom stereocenters. The van der Waals surface area contributed by atoms with Crippen molar-refractivity contribution in [1.29, 1.82) is 0 Å². The molecule has 2 heterocycles. The van der Waals surface area contributed by atoms with E-state index < -0.39 is 0 Å². The topological polar surface area (TPSA) is 56.3 Å². The summed E-state index contributed by atoms with van der Waals surface area (Å²) in [6.07, 6.45) is 5.23. The molecule has 0 spiro atoms. The molecule has 17 heavy (non-hydrogen) atoms. The third-order valence-corrected chi connectivity index (χ3v) is 3.24. The van der Waals surface area contributed by atoms with E-state index in [0.717, 1.165) is 32.7 Å². The summed E-state index contributed by atoms with van der Waals surface area (Å²) in [7, 11) is 1.95. The molecular formula is C12H22N4O. The van der Waals surface area contributed by atoms with Crippen LogP contribution >= 0.6 is 0 Å². The number of nitrogens with two attached hydrogens (primary N) is 1. The van der Waals surface area contributed by atoms with E-state index in [-0.39, 0.29) is 12.1 Å². The van der Waals surface area contributed by atoms with Gasteiger partial charge in [-0.25, -0.2) is 0 Å². The van der Waals surface area contributed by atoms with Gasteiger partial charge in [-0.1, -0.05) is 0 Å². The van der Waals surface area contributed by atoms with Crippen molar-refractivity contribution in [1.82, 2.24) is 14.7 Å². The first-order valence-corrected chi connectivity index (χ1v) is 6.22. The second kappa shape index (κ2) is 5.62. The van der Waals surface area contributed by atoms with Crippen LogP contribution in [0.15, 0.2) is 12.4 Å². The Morgan fingerprint density at radius 3 is 3.12 bits per heavy atom. The first-order valence-electron chi connectivity index (χ1n) is 6.22. The van der Waals surface area contributed by atoms with E-state index in [9.17, 15) is 0 Å². The molecular weight excluding hydrogens is 216 g/mol. The lowest BCUT2D eigenvalue weighted by Crippen LogP contribution is -2.49. The zero-order chi connectivity index (χ0) is 12.3. The highest BCUT2D eigenvalue weighted by Crippen LogP contribution is 2.09. The summed E-state index contributed by atoms with van der Waals surface area (Å²) >= 11 is 0. The average Bonchev–Trinajstić information content (AvgIpc) is 2.73. The Balaban J connectivity index is 1.79. The van der Waals surface area contributed by atoms with Crippen LogP contribution in [-0.4, -0.2) is 53.1 Å². The molecule has 2 rings (SSSR count). The molecule has 5 nitrogen and oxygen atoms in total. The van der Waals surface area contributed by atoms with Crippen LogP contribution in [0.5, 0.6) is 0 Å². The quantitative estimate of drug-likeness (QED) is 0.803. The molecule has 0 aliphatic carbocycles. The largest absolute Gasteiger partial charge is 0.374 e. The van der Waals surface area contributed by atoms with Crippen molar-refractivity contribution < 1.29 is 4.74 Å². The van der Waals surface area contributed by atoms with Gasteiger partial charge in [0.2, 0.25) is 0 Å². The first-order chi connectivity index (χ1) is 8.15. The minimum absolute atomic E-state index is 0.108. The Kier molecular flexibility index (Phi) is 4.15. The van der Waals surface area contributed by atoms with Gasteiger partial charge in [0.1, 0.15) is 0 Å². The number of morpholine rings is 1. The zero-order valence-corrected chi connectivity index (χ0v) is 10.7. The standard InChI is InChI=1S/C12H22N4O/c1-10(13)12-9-16(5-6-17-12)4-3-11-7-14-15(2)8-11/h7-8,10,12H,3-6,9,13H2,1-2H3. The van der Waals surface area contributed by atoms with Gasteiger partial charge in [0.25, 0.3) is 0 Å². The molecule has 96 valence electrons. The van der Waals surface area contributed by atoms with Crippen LogP contribution in [0.1, 0.15) is 12.5 Å². The lowest BCUT2D eigenvalue weighted by Gasteiger charge is -2.34. The van der Waals surface area contributed by atoms with E-state index in [4.69, 9.17) is 10.5 Å². The fraction of sp³-hybridized carbons (Fsp3) is 0.750. The summed E-state index contributed by atoms with van der Waals surface area (Å²) in [5.41, 5.74) is 7.16. The van der Waals surface area contributed by atoms with E-state index in [1.165, 1.54) is 5.56 Å². The summed E-state index contributed by atoms with van der Waals surface area (Å²) < 4.78 is 7.49. The van der Waals surface area contributed by atoms with Crippen molar-refractivity contribution in [2.24, 2.45) is 12.8 Å². The molecule has 1 aliphatic rings. The van der Waals surface area contributed by atoms with Crippen molar-refractivity contribution in [2.45, 2.75) is 25.5 Å². The third-order valence-electron chi connectivity index (χ3n) is 3.24. The highest BCUT2D eigenvalue weighted by Gasteiger charge is 2.22. The lowest BCUT2D eigenvalue weighted by molar-refractivity contribution is -0.0371. The van der Waals surface area contributed by atoms with Crippen LogP contribution in [-0.2, 0) is 18.2 Å². The molecule has 0 bridgehead atoms. The molecule has 1 aromatic heterocycles. The molecule has 0 amide bonds. The van der Waals surface area contributed by atoms with Crippen molar-refractivity contribution in [3.8, 4) is 0 Å². The summed E-state index contributed by atoms with van der Waals surface area (Å²) in [5.74, 6) is 0. The molecule has 0 saturated carbocycles. The van der Waals surface area contributed by atoms with Crippen LogP contribution in [0.25, 0.3) is 0 Å². The average molecular weight is 238 g/mol. The highest BCUT2D eigenvalue weighted by atomic mass is 16.5. The zero-order valence-electron chi connectivity index (χ0n) is 10.7. The van der Waals surface area contributed by atoms with Gasteiger partial charge in [-0.2, -0.15) is 5.10 Å². The van der Waals surface area contributed by atoms with Gasteiger partial charge < -0.3 is 10.5 Å². The number of hydrogen-bond donors (Lipinski definition) is 1. The summed E-state index contributed by atoms with van der Waals surface area (Å²) in [6, 6.07) is 0.108. The second-order valence-electron chi connectivity index (χ2n) is 4.84. The van der Waals surface area contributed by atoms with Crippen molar-refractivity contribution >= 4 is 0 Å². The Labute approximate surface area is 103 Å². The minimum atomic E-state index is 0.108. The predicted octanol–water partition coefficient (Wildman–Crippen LogP) is 0.0106. The van der Waals surface area contributed by atoms with Crippen LogP contribution in [0.4, 0.5) is 0 Å². The minimum Gasteiger partial charge on any atom is -0.374 e. The van der Waals surface area contributed by atoms with Gasteiger partial charge in [-0.3, -0.25) is 9.58 Å². The molecule has 2 N–H and O–H groups in total. The summed E-state index contributed by atoms with van der Waals surface area (Å²) in [4.78, 5) is 2.42. The van der Waals surface area contributed by atoms with Gasteiger partial charge in [-0.05, 0) is 18.9 Å². The molecule has 5 heteroatoms. The molecule has 1 fully saturated rings. The molecule has 1 saturated heterocycles. The highest BCUT2D eigenvalue weighted by molar-refractivity contribution is 5.04. The van der Waals surface area contributed by atoms with Crippen molar-refractivity contribution in [3.05, 3.63) is 18.0 Å². The van der Waals surface area contributed by atoms with E-state index in [1.54, 1.807) is 0 Å². The number of aromatic nitrogens is 2. The molecule has 0 radical (unpaired) electrons. The summed E-state index contributed by atoms with van der Waals surface area (Å²) in [6.45, 7) is 5.80. The number of ether oxygens (including phenoxy) is 1. The van der Waals surface area contributed by atoms with Gasteiger partial charge >= 0.3 is 0 Å². The Morgan fingerprint density at radius 2 is 2.47 bits per heavy atom. The van der Waals surface area contributed by atoms with Gasteiger partial charge in [0.15, 0.2) is 0 Å². The predicted molar refractivity (Wildman–Crippen MR) is 66.7 cm³/mol. The van der Waals surface area contributed by atoms with E-state index >= 15 is 0 Å². The fourth-order valence-corrected chi connectivity index (χ4v) is 2.14. The van der Waals surface area contributed by atoms with Crippen molar-refractivity contribution in [3.63, 3.8) is 0 Å². The monoisotopic (exact) mass is 238 g/mol. The maximum absolute atomic E-state index is 5.87. The second-order valence-corrected chi connectivity index (χ2v) is 4.84. The number of nitrogens with zero attached hydrogens (tertiary/aromatic N) is 3. The smallest absolute Gasteiger partial charge is 0.0850 e. The molecule has 1 aliphatic heterocycles. The molecule has 1 aromatic rings. The summed E-state index contributed by atoms with van der Waals surface area (Å²) in [5, 5.41) is 4.18. The number of aryl methyl sites for hydroxylation is 1. The number of hydrogen-bond acceptors (Lipinski definition) is 4. The third kappa shape index (κ3) is 3.52. The van der Waals surface area contributed by atoms with Crippen LogP contribution in [0.2, 0.25) is 0 Å². The Morgan fingerprint density at radius 1 is 1.65 bits per heavy atom. The fourth-order valence-electron chi connectivity index (χ4n) is 2.14. The maximum Gasteiger partial charge on any atom is 0.0850 e. The molecule has 0 aromatic carbocycles. The normalized spacial score (nSPS) is 23.8. The SMILES string of the molecule is CC(N)C1CN(CCc2cnn(C)c2)CCO1. The van der Waals surface area contributed by atoms with Crippen LogP contribution in [0, 0.1) is 0 Å². The van der Waals surface area contributed by atoms with E-state index in [1.807, 2.05) is 24.9 Å². The van der Waals surface area contributed by atoms with Crippen LogP contribution < -0.4 is 5.73 Å². The molecule has 2 atom stereocenters. The number of rotatable bonds is 4. The maximum atomic E-state index is 5.87. The van der Waals surface area contributed by atoms with E-state index in [2.05, 4.69) is 16.2 Å². The van der Waals surface area contributed by atoms with E-state index in [0.29, 0.717) is 0 Å². The Bertz CT molecular complexity index is 350. The first kappa shape index (κ1) is 12.5. The van der Waals surface area contributed by atoms with Crippen LogP contribution in [0.3, 0.4) is 0 Å². The van der Waals surface area contributed by atoms with Gasteiger partial charge in [0.05, 0.1) is 18.9 Å². The lowest BCUT2D eigenvalue weighted by atomic mass is 10.1. The Hall–Kier alpha value is -0.910.